The molecule has 0 spiro atoms. The minimum absolute atomic E-state index is 0.140. The second-order valence-corrected chi connectivity index (χ2v) is 7.56. The Morgan fingerprint density at radius 2 is 1.68 bits per heavy atom. The van der Waals surface area contributed by atoms with Crippen LogP contribution in [0.25, 0.3) is 5.69 Å². The highest BCUT2D eigenvalue weighted by molar-refractivity contribution is 6.05. The molecule has 1 N–H and O–H groups in total. The maximum Gasteiger partial charge on any atom is 0.259 e. The van der Waals surface area contributed by atoms with Crippen LogP contribution in [0.15, 0.2) is 60.8 Å². The number of benzene rings is 2. The van der Waals surface area contributed by atoms with Crippen LogP contribution >= 0.6 is 0 Å². The Balaban J connectivity index is 1.45. The lowest BCUT2D eigenvalue weighted by Gasteiger charge is -2.32. The average Bonchev–Trinajstić information content (AvgIpc) is 3.11. The lowest BCUT2D eigenvalue weighted by atomic mass is 9.99. The molecular formula is C23H26N4O. The maximum absolute atomic E-state index is 12.7. The van der Waals surface area contributed by atoms with Crippen molar-refractivity contribution in [3.8, 4) is 5.69 Å². The Hall–Kier alpha value is -3.08. The van der Waals surface area contributed by atoms with Crippen molar-refractivity contribution in [1.82, 2.24) is 9.78 Å². The maximum atomic E-state index is 12.7. The van der Waals surface area contributed by atoms with Crippen molar-refractivity contribution in [1.29, 1.82) is 0 Å². The van der Waals surface area contributed by atoms with Gasteiger partial charge < -0.3 is 10.2 Å². The zero-order chi connectivity index (χ0) is 19.5. The number of nitrogens with zero attached hydrogens (tertiary/aromatic N) is 3. The number of nitrogens with one attached hydrogen (secondary N) is 1. The molecule has 144 valence electrons. The molecule has 28 heavy (non-hydrogen) atoms. The van der Waals surface area contributed by atoms with Crippen LogP contribution in [0.4, 0.5) is 11.4 Å². The van der Waals surface area contributed by atoms with Gasteiger partial charge in [0.15, 0.2) is 0 Å². The molecule has 5 nitrogen and oxygen atoms in total. The predicted molar refractivity (Wildman–Crippen MR) is 113 cm³/mol. The predicted octanol–water partition coefficient (Wildman–Crippen LogP) is 4.67. The molecule has 2 aromatic carbocycles. The summed E-state index contributed by atoms with van der Waals surface area (Å²) in [5, 5.41) is 7.37. The summed E-state index contributed by atoms with van der Waals surface area (Å²) in [4.78, 5) is 15.1. The number of hydrogen-bond acceptors (Lipinski definition) is 3. The summed E-state index contributed by atoms with van der Waals surface area (Å²) in [5.41, 5.74) is 4.36. The van der Waals surface area contributed by atoms with Gasteiger partial charge in [0.25, 0.3) is 5.91 Å². The average molecular weight is 374 g/mol. The van der Waals surface area contributed by atoms with Crippen molar-refractivity contribution in [3.05, 3.63) is 72.1 Å². The van der Waals surface area contributed by atoms with Crippen LogP contribution in [-0.2, 0) is 0 Å². The van der Waals surface area contributed by atoms with Gasteiger partial charge in [-0.15, -0.1) is 0 Å². The van der Waals surface area contributed by atoms with E-state index in [2.05, 4.69) is 34.4 Å². The van der Waals surface area contributed by atoms with Gasteiger partial charge in [-0.25, -0.2) is 4.68 Å². The Morgan fingerprint density at radius 3 is 2.36 bits per heavy atom. The third-order valence-corrected chi connectivity index (χ3v) is 5.53. The third-order valence-electron chi connectivity index (χ3n) is 5.53. The monoisotopic (exact) mass is 374 g/mol. The fourth-order valence-corrected chi connectivity index (χ4v) is 3.68. The first kappa shape index (κ1) is 18.3. The fraction of sp³-hybridized carbons (Fsp3) is 0.304. The minimum Gasteiger partial charge on any atom is -0.372 e. The molecule has 1 aromatic heterocycles. The molecule has 1 fully saturated rings. The highest BCUT2D eigenvalue weighted by Crippen LogP contribution is 2.24. The smallest absolute Gasteiger partial charge is 0.259 e. The van der Waals surface area contributed by atoms with Gasteiger partial charge in [0.2, 0.25) is 0 Å². The van der Waals surface area contributed by atoms with E-state index >= 15 is 0 Å². The second-order valence-electron chi connectivity index (χ2n) is 7.56. The molecule has 3 aromatic rings. The van der Waals surface area contributed by atoms with Gasteiger partial charge in [-0.2, -0.15) is 5.10 Å². The number of rotatable bonds is 4. The molecule has 1 amide bonds. The van der Waals surface area contributed by atoms with E-state index in [1.165, 1.54) is 18.5 Å². The van der Waals surface area contributed by atoms with E-state index in [9.17, 15) is 4.79 Å². The molecule has 2 heterocycles. The number of para-hydroxylation sites is 1. The topological polar surface area (TPSA) is 50.2 Å². The summed E-state index contributed by atoms with van der Waals surface area (Å²) in [6.45, 7) is 6.43. The van der Waals surface area contributed by atoms with Crippen LogP contribution in [-0.4, -0.2) is 28.8 Å². The van der Waals surface area contributed by atoms with Crippen molar-refractivity contribution in [2.75, 3.05) is 23.3 Å². The van der Waals surface area contributed by atoms with Gasteiger partial charge in [-0.05, 0) is 62.1 Å². The van der Waals surface area contributed by atoms with Crippen LogP contribution in [0.5, 0.6) is 0 Å². The molecule has 1 aliphatic rings. The molecule has 1 aliphatic heterocycles. The van der Waals surface area contributed by atoms with Gasteiger partial charge in [-0.3, -0.25) is 4.79 Å². The van der Waals surface area contributed by atoms with Gasteiger partial charge >= 0.3 is 0 Å². The molecule has 0 bridgehead atoms. The Labute approximate surface area is 166 Å². The van der Waals surface area contributed by atoms with Crippen LogP contribution in [0.3, 0.4) is 0 Å². The van der Waals surface area contributed by atoms with E-state index in [-0.39, 0.29) is 5.91 Å². The van der Waals surface area contributed by atoms with Crippen LogP contribution in [0.2, 0.25) is 0 Å². The first-order chi connectivity index (χ1) is 13.6. The first-order valence-electron chi connectivity index (χ1n) is 9.88. The molecular weight excluding hydrogens is 348 g/mol. The van der Waals surface area contributed by atoms with E-state index in [0.717, 1.165) is 36.1 Å². The number of carbonyl (C=O) groups is 1. The Morgan fingerprint density at radius 1 is 1.00 bits per heavy atom. The zero-order valence-electron chi connectivity index (χ0n) is 16.4. The van der Waals surface area contributed by atoms with E-state index in [1.54, 1.807) is 10.9 Å². The number of amides is 1. The van der Waals surface area contributed by atoms with Gasteiger partial charge in [-0.1, -0.05) is 25.1 Å². The van der Waals surface area contributed by atoms with Gasteiger partial charge in [0.05, 0.1) is 23.1 Å². The normalized spacial score (nSPS) is 14.9. The molecule has 0 aliphatic carbocycles. The van der Waals surface area contributed by atoms with E-state index in [0.29, 0.717) is 5.56 Å². The van der Waals surface area contributed by atoms with Crippen molar-refractivity contribution in [2.45, 2.75) is 26.7 Å². The molecule has 0 atom stereocenters. The van der Waals surface area contributed by atoms with Crippen LogP contribution in [0, 0.1) is 12.8 Å². The van der Waals surface area contributed by atoms with Crippen molar-refractivity contribution >= 4 is 17.3 Å². The minimum atomic E-state index is -0.140. The molecule has 0 radical (unpaired) electrons. The first-order valence-corrected chi connectivity index (χ1v) is 9.88. The summed E-state index contributed by atoms with van der Waals surface area (Å²) >= 11 is 0. The number of piperidine rings is 1. The highest BCUT2D eigenvalue weighted by atomic mass is 16.1. The quantitative estimate of drug-likeness (QED) is 0.722. The van der Waals surface area contributed by atoms with E-state index < -0.39 is 0 Å². The van der Waals surface area contributed by atoms with Crippen LogP contribution in [0.1, 0.15) is 35.8 Å². The highest BCUT2D eigenvalue weighted by Gasteiger charge is 2.17. The summed E-state index contributed by atoms with van der Waals surface area (Å²) < 4.78 is 1.79. The summed E-state index contributed by atoms with van der Waals surface area (Å²) in [5.74, 6) is 0.675. The van der Waals surface area contributed by atoms with E-state index in [4.69, 9.17) is 0 Å². The third kappa shape index (κ3) is 3.79. The lowest BCUT2D eigenvalue weighted by molar-refractivity contribution is 0.102. The largest absolute Gasteiger partial charge is 0.372 e. The second kappa shape index (κ2) is 7.89. The van der Waals surface area contributed by atoms with Crippen molar-refractivity contribution in [2.24, 2.45) is 5.92 Å². The molecule has 1 saturated heterocycles. The van der Waals surface area contributed by atoms with E-state index in [1.807, 2.05) is 49.4 Å². The van der Waals surface area contributed by atoms with Crippen LogP contribution < -0.4 is 10.2 Å². The lowest BCUT2D eigenvalue weighted by Crippen LogP contribution is -2.32. The van der Waals surface area contributed by atoms with Gasteiger partial charge in [0, 0.05) is 24.5 Å². The molecule has 4 rings (SSSR count). The van der Waals surface area contributed by atoms with Gasteiger partial charge in [0.1, 0.15) is 0 Å². The summed E-state index contributed by atoms with van der Waals surface area (Å²) in [6.07, 6.45) is 4.10. The number of hydrogen-bond donors (Lipinski definition) is 1. The SMILES string of the molecule is Cc1c(C(=O)Nc2ccc(N3CCC(C)CC3)cc2)cnn1-c1ccccc1. The summed E-state index contributed by atoms with van der Waals surface area (Å²) in [6, 6.07) is 18.0. The molecule has 0 unspecified atom stereocenters. The molecule has 0 saturated carbocycles. The number of carbonyl (C=O) groups excluding carboxylic acids is 1. The summed E-state index contributed by atoms with van der Waals surface area (Å²) in [7, 11) is 0. The Kier molecular flexibility index (Phi) is 5.15. The molecule has 5 heteroatoms. The van der Waals surface area contributed by atoms with Crippen molar-refractivity contribution in [3.63, 3.8) is 0 Å². The van der Waals surface area contributed by atoms with Crippen molar-refractivity contribution < 1.29 is 4.79 Å². The standard InChI is InChI=1S/C23H26N4O/c1-17-12-14-26(15-13-17)20-10-8-19(9-11-20)25-23(28)22-16-24-27(18(22)2)21-6-4-3-5-7-21/h3-11,16-17H,12-15H2,1-2H3,(H,25,28). The zero-order valence-corrected chi connectivity index (χ0v) is 16.4. The number of aromatic nitrogens is 2. The fourth-order valence-electron chi connectivity index (χ4n) is 3.68. The Bertz CT molecular complexity index is 938. The number of anilines is 2.